The number of nitrogens with one attached hydrogen (secondary N) is 2. The summed E-state index contributed by atoms with van der Waals surface area (Å²) in [6.07, 6.45) is 0.974. The summed E-state index contributed by atoms with van der Waals surface area (Å²) in [7, 11) is 0. The third kappa shape index (κ3) is 2.27. The van der Waals surface area contributed by atoms with Crippen LogP contribution < -0.4 is 10.6 Å². The maximum Gasteiger partial charge on any atom is 0.138 e. The second-order valence-corrected chi connectivity index (χ2v) is 3.42. The molecule has 1 unspecified atom stereocenters. The first kappa shape index (κ1) is 8.68. The minimum absolute atomic E-state index is 0.0103. The van der Waals surface area contributed by atoms with E-state index in [1.54, 1.807) is 0 Å². The summed E-state index contributed by atoms with van der Waals surface area (Å²) in [5.41, 5.74) is 0. The molecular weight excluding hydrogens is 140 g/mol. The van der Waals surface area contributed by atoms with Crippen molar-refractivity contribution in [3.8, 4) is 0 Å². The lowest BCUT2D eigenvalue weighted by Gasteiger charge is -2.31. The fourth-order valence-electron chi connectivity index (χ4n) is 1.30. The first-order valence-electron chi connectivity index (χ1n) is 4.16. The number of hydrogen-bond donors (Lipinski definition) is 2. The van der Waals surface area contributed by atoms with Crippen LogP contribution in [0.2, 0.25) is 0 Å². The van der Waals surface area contributed by atoms with Gasteiger partial charge in [0.2, 0.25) is 0 Å². The SMILES string of the molecule is CC(C)[C@H]1CNCC(C=O)N1. The van der Waals surface area contributed by atoms with Gasteiger partial charge in [-0.2, -0.15) is 0 Å². The van der Waals surface area contributed by atoms with Gasteiger partial charge in [-0.3, -0.25) is 0 Å². The Bertz CT molecular complexity index is 136. The minimum atomic E-state index is 0.0103. The fourth-order valence-corrected chi connectivity index (χ4v) is 1.30. The van der Waals surface area contributed by atoms with E-state index in [4.69, 9.17) is 0 Å². The molecule has 0 radical (unpaired) electrons. The average Bonchev–Trinajstić information content (AvgIpc) is 2.05. The topological polar surface area (TPSA) is 41.1 Å². The van der Waals surface area contributed by atoms with Crippen molar-refractivity contribution < 1.29 is 4.79 Å². The van der Waals surface area contributed by atoms with Crippen molar-refractivity contribution in [2.75, 3.05) is 13.1 Å². The highest BCUT2D eigenvalue weighted by molar-refractivity contribution is 5.58. The highest BCUT2D eigenvalue weighted by Gasteiger charge is 2.21. The number of aldehydes is 1. The van der Waals surface area contributed by atoms with Gasteiger partial charge in [0.25, 0.3) is 0 Å². The Labute approximate surface area is 67.5 Å². The van der Waals surface area contributed by atoms with E-state index < -0.39 is 0 Å². The minimum Gasteiger partial charge on any atom is -0.313 e. The van der Waals surface area contributed by atoms with Gasteiger partial charge in [0, 0.05) is 19.1 Å². The number of carbonyl (C=O) groups excluding carboxylic acids is 1. The van der Waals surface area contributed by atoms with Crippen LogP contribution in [-0.4, -0.2) is 31.5 Å². The second kappa shape index (κ2) is 3.83. The number of carbonyl (C=O) groups is 1. The van der Waals surface area contributed by atoms with E-state index in [0.717, 1.165) is 19.4 Å². The van der Waals surface area contributed by atoms with Gasteiger partial charge in [-0.1, -0.05) is 13.8 Å². The van der Waals surface area contributed by atoms with Crippen LogP contribution in [0, 0.1) is 5.92 Å². The Hall–Kier alpha value is -0.410. The lowest BCUT2D eigenvalue weighted by molar-refractivity contribution is -0.110. The van der Waals surface area contributed by atoms with Crippen molar-refractivity contribution in [2.24, 2.45) is 5.92 Å². The van der Waals surface area contributed by atoms with E-state index >= 15 is 0 Å². The molecule has 0 aromatic carbocycles. The summed E-state index contributed by atoms with van der Waals surface area (Å²) in [5, 5.41) is 6.50. The summed E-state index contributed by atoms with van der Waals surface area (Å²) in [5.74, 6) is 0.588. The van der Waals surface area contributed by atoms with Gasteiger partial charge in [-0.25, -0.2) is 0 Å². The first-order valence-corrected chi connectivity index (χ1v) is 4.16. The maximum atomic E-state index is 10.4. The summed E-state index contributed by atoms with van der Waals surface area (Å²) >= 11 is 0. The zero-order valence-electron chi connectivity index (χ0n) is 7.13. The standard InChI is InChI=1S/C8H16N2O/c1-6(2)8-4-9-3-7(5-11)10-8/h5-10H,3-4H2,1-2H3/t7?,8-/m1/s1. The third-order valence-corrected chi connectivity index (χ3v) is 2.13. The van der Waals surface area contributed by atoms with E-state index in [2.05, 4.69) is 24.5 Å². The lowest BCUT2D eigenvalue weighted by atomic mass is 10.0. The molecule has 1 heterocycles. The molecule has 2 atom stereocenters. The Morgan fingerprint density at radius 2 is 2.18 bits per heavy atom. The van der Waals surface area contributed by atoms with Crippen molar-refractivity contribution in [1.82, 2.24) is 10.6 Å². The molecule has 1 rings (SSSR count). The van der Waals surface area contributed by atoms with Gasteiger partial charge in [0.05, 0.1) is 6.04 Å². The van der Waals surface area contributed by atoms with Crippen LogP contribution in [0.3, 0.4) is 0 Å². The summed E-state index contributed by atoms with van der Waals surface area (Å²) in [6, 6.07) is 0.454. The molecule has 0 spiro atoms. The van der Waals surface area contributed by atoms with Crippen molar-refractivity contribution in [3.63, 3.8) is 0 Å². The summed E-state index contributed by atoms with van der Waals surface area (Å²) in [4.78, 5) is 10.4. The van der Waals surface area contributed by atoms with Gasteiger partial charge in [-0.05, 0) is 5.92 Å². The summed E-state index contributed by atoms with van der Waals surface area (Å²) in [6.45, 7) is 6.06. The molecule has 0 saturated carbocycles. The van der Waals surface area contributed by atoms with Crippen LogP contribution in [0.4, 0.5) is 0 Å². The van der Waals surface area contributed by atoms with Crippen LogP contribution in [0.25, 0.3) is 0 Å². The molecule has 2 N–H and O–H groups in total. The number of hydrogen-bond acceptors (Lipinski definition) is 3. The van der Waals surface area contributed by atoms with Gasteiger partial charge in [-0.15, -0.1) is 0 Å². The van der Waals surface area contributed by atoms with Crippen LogP contribution in [-0.2, 0) is 4.79 Å². The van der Waals surface area contributed by atoms with Gasteiger partial charge >= 0.3 is 0 Å². The second-order valence-electron chi connectivity index (χ2n) is 3.42. The van der Waals surface area contributed by atoms with Crippen molar-refractivity contribution in [3.05, 3.63) is 0 Å². The summed E-state index contributed by atoms with van der Waals surface area (Å²) < 4.78 is 0. The maximum absolute atomic E-state index is 10.4. The normalized spacial score (nSPS) is 32.3. The van der Waals surface area contributed by atoms with E-state index in [1.165, 1.54) is 0 Å². The molecule has 3 nitrogen and oxygen atoms in total. The number of piperazine rings is 1. The van der Waals surface area contributed by atoms with E-state index in [-0.39, 0.29) is 6.04 Å². The smallest absolute Gasteiger partial charge is 0.138 e. The first-order chi connectivity index (χ1) is 5.24. The van der Waals surface area contributed by atoms with Crippen molar-refractivity contribution in [2.45, 2.75) is 25.9 Å². The predicted octanol–water partition coefficient (Wildman–Crippen LogP) is -0.229. The van der Waals surface area contributed by atoms with Crippen LogP contribution in [0.1, 0.15) is 13.8 Å². The lowest BCUT2D eigenvalue weighted by Crippen LogP contribution is -2.57. The van der Waals surface area contributed by atoms with E-state index in [0.29, 0.717) is 12.0 Å². The van der Waals surface area contributed by atoms with Crippen LogP contribution >= 0.6 is 0 Å². The zero-order valence-corrected chi connectivity index (χ0v) is 7.13. The van der Waals surface area contributed by atoms with E-state index in [9.17, 15) is 4.79 Å². The molecule has 0 aliphatic carbocycles. The molecule has 0 amide bonds. The molecule has 0 aromatic rings. The predicted molar refractivity (Wildman–Crippen MR) is 44.5 cm³/mol. The Balaban J connectivity index is 2.39. The molecule has 1 fully saturated rings. The zero-order chi connectivity index (χ0) is 8.27. The van der Waals surface area contributed by atoms with Crippen LogP contribution in [0.5, 0.6) is 0 Å². The largest absolute Gasteiger partial charge is 0.313 e. The Morgan fingerprint density at radius 3 is 2.73 bits per heavy atom. The highest BCUT2D eigenvalue weighted by atomic mass is 16.1. The highest BCUT2D eigenvalue weighted by Crippen LogP contribution is 2.03. The number of rotatable bonds is 2. The van der Waals surface area contributed by atoms with Gasteiger partial charge in [0.1, 0.15) is 6.29 Å². The molecule has 1 aliphatic heterocycles. The molecule has 64 valence electrons. The molecule has 0 aromatic heterocycles. The monoisotopic (exact) mass is 156 g/mol. The average molecular weight is 156 g/mol. The van der Waals surface area contributed by atoms with Crippen molar-refractivity contribution in [1.29, 1.82) is 0 Å². The molecule has 0 bridgehead atoms. The fraction of sp³-hybridized carbons (Fsp3) is 0.875. The van der Waals surface area contributed by atoms with Crippen LogP contribution in [0.15, 0.2) is 0 Å². The molecular formula is C8H16N2O. The third-order valence-electron chi connectivity index (χ3n) is 2.13. The molecule has 1 aliphatic rings. The Kier molecular flexibility index (Phi) is 3.02. The quantitative estimate of drug-likeness (QED) is 0.543. The molecule has 1 saturated heterocycles. The Morgan fingerprint density at radius 1 is 1.45 bits per heavy atom. The van der Waals surface area contributed by atoms with Gasteiger partial charge in [0.15, 0.2) is 0 Å². The molecule has 3 heteroatoms. The molecule has 11 heavy (non-hydrogen) atoms. The van der Waals surface area contributed by atoms with Crippen molar-refractivity contribution >= 4 is 6.29 Å². The van der Waals surface area contributed by atoms with Gasteiger partial charge < -0.3 is 15.4 Å². The van der Waals surface area contributed by atoms with E-state index in [1.807, 2.05) is 0 Å².